The van der Waals surface area contributed by atoms with Crippen LogP contribution in [0.5, 0.6) is 0 Å². The predicted octanol–water partition coefficient (Wildman–Crippen LogP) is 1.68. The lowest BCUT2D eigenvalue weighted by atomic mass is 10.2. The number of carbonyl (C=O) groups excluding carboxylic acids is 1. The first-order chi connectivity index (χ1) is 8.40. The molecule has 6 heteroatoms. The number of likely N-dealkylation sites (N-methyl/N-ethyl adjacent to an activating group) is 1. The van der Waals surface area contributed by atoms with E-state index in [-0.39, 0.29) is 12.5 Å². The Morgan fingerprint density at radius 2 is 1.94 bits per heavy atom. The standard InChI is InChI=1S/C12H15ClN2O3/c1-8(15(2)7-11(16)17)12(18)14-10-5-3-9(13)4-6-10/h3-6,8H,7H2,1-2H3,(H,14,18)(H,16,17). The highest BCUT2D eigenvalue weighted by Gasteiger charge is 2.19. The van der Waals surface area contributed by atoms with Crippen LogP contribution in [0.4, 0.5) is 5.69 Å². The van der Waals surface area contributed by atoms with Gasteiger partial charge in [0.05, 0.1) is 12.6 Å². The third kappa shape index (κ3) is 4.35. The first-order valence-corrected chi connectivity index (χ1v) is 5.76. The summed E-state index contributed by atoms with van der Waals surface area (Å²) in [5.74, 6) is -1.23. The predicted molar refractivity (Wildman–Crippen MR) is 69.8 cm³/mol. The molecule has 1 unspecified atom stereocenters. The van der Waals surface area contributed by atoms with Gasteiger partial charge in [0, 0.05) is 10.7 Å². The van der Waals surface area contributed by atoms with Gasteiger partial charge in [0.15, 0.2) is 0 Å². The molecule has 0 aliphatic rings. The SMILES string of the molecule is CC(C(=O)Nc1ccc(Cl)cc1)N(C)CC(=O)O. The van der Waals surface area contributed by atoms with Crippen molar-refractivity contribution in [3.05, 3.63) is 29.3 Å². The van der Waals surface area contributed by atoms with E-state index in [9.17, 15) is 9.59 Å². The number of anilines is 1. The summed E-state index contributed by atoms with van der Waals surface area (Å²) in [6.45, 7) is 1.46. The molecular weight excluding hydrogens is 256 g/mol. The second-order valence-electron chi connectivity index (χ2n) is 3.98. The second-order valence-corrected chi connectivity index (χ2v) is 4.42. The largest absolute Gasteiger partial charge is 0.480 e. The smallest absolute Gasteiger partial charge is 0.317 e. The molecule has 98 valence electrons. The van der Waals surface area contributed by atoms with Crippen LogP contribution in [0.25, 0.3) is 0 Å². The average Bonchev–Trinajstić information content (AvgIpc) is 2.30. The first-order valence-electron chi connectivity index (χ1n) is 5.38. The molecule has 1 aromatic rings. The second kappa shape index (κ2) is 6.37. The van der Waals surface area contributed by atoms with Gasteiger partial charge in [-0.15, -0.1) is 0 Å². The molecule has 18 heavy (non-hydrogen) atoms. The van der Waals surface area contributed by atoms with E-state index in [1.54, 1.807) is 38.2 Å². The Morgan fingerprint density at radius 3 is 2.44 bits per heavy atom. The maximum atomic E-state index is 11.8. The number of carbonyl (C=O) groups is 2. The quantitative estimate of drug-likeness (QED) is 0.854. The van der Waals surface area contributed by atoms with Gasteiger partial charge in [-0.05, 0) is 38.2 Å². The van der Waals surface area contributed by atoms with Crippen molar-refractivity contribution in [3.8, 4) is 0 Å². The molecule has 1 amide bonds. The molecule has 0 saturated heterocycles. The summed E-state index contributed by atoms with van der Waals surface area (Å²) in [7, 11) is 1.58. The molecule has 5 nitrogen and oxygen atoms in total. The highest BCUT2D eigenvalue weighted by atomic mass is 35.5. The van der Waals surface area contributed by atoms with Crippen molar-refractivity contribution < 1.29 is 14.7 Å². The number of amides is 1. The van der Waals surface area contributed by atoms with E-state index in [2.05, 4.69) is 5.32 Å². The molecule has 1 rings (SSSR count). The summed E-state index contributed by atoms with van der Waals surface area (Å²) in [5.41, 5.74) is 0.625. The molecule has 2 N–H and O–H groups in total. The molecule has 1 aromatic carbocycles. The zero-order chi connectivity index (χ0) is 13.7. The highest BCUT2D eigenvalue weighted by molar-refractivity contribution is 6.30. The third-order valence-corrected chi connectivity index (χ3v) is 2.79. The van der Waals surface area contributed by atoms with E-state index in [1.165, 1.54) is 4.90 Å². The van der Waals surface area contributed by atoms with E-state index in [4.69, 9.17) is 16.7 Å². The summed E-state index contributed by atoms with van der Waals surface area (Å²) >= 11 is 5.73. The molecule has 0 fully saturated rings. The van der Waals surface area contributed by atoms with E-state index < -0.39 is 12.0 Å². The fourth-order valence-electron chi connectivity index (χ4n) is 1.33. The number of hydrogen-bond donors (Lipinski definition) is 2. The van der Waals surface area contributed by atoms with Crippen LogP contribution in [0.1, 0.15) is 6.92 Å². The minimum atomic E-state index is -0.969. The zero-order valence-electron chi connectivity index (χ0n) is 10.2. The minimum absolute atomic E-state index is 0.185. The Labute approximate surface area is 110 Å². The van der Waals surface area contributed by atoms with Crippen LogP contribution in [0.15, 0.2) is 24.3 Å². The number of nitrogens with one attached hydrogen (secondary N) is 1. The Hall–Kier alpha value is -1.59. The number of rotatable bonds is 5. The Balaban J connectivity index is 2.59. The molecule has 0 bridgehead atoms. The number of benzene rings is 1. The summed E-state index contributed by atoms with van der Waals surface area (Å²) in [5, 5.41) is 11.9. The lowest BCUT2D eigenvalue weighted by Gasteiger charge is -2.21. The summed E-state index contributed by atoms with van der Waals surface area (Å²) in [4.78, 5) is 23.8. The van der Waals surface area contributed by atoms with Crippen LogP contribution in [-0.2, 0) is 9.59 Å². The number of carboxylic acid groups (broad SMARTS) is 1. The topological polar surface area (TPSA) is 69.6 Å². The third-order valence-electron chi connectivity index (χ3n) is 2.54. The number of halogens is 1. The average molecular weight is 271 g/mol. The Morgan fingerprint density at radius 1 is 1.39 bits per heavy atom. The normalized spacial score (nSPS) is 12.2. The van der Waals surface area contributed by atoms with Crippen molar-refractivity contribution in [2.45, 2.75) is 13.0 Å². The van der Waals surface area contributed by atoms with Crippen molar-refractivity contribution >= 4 is 29.2 Å². The van der Waals surface area contributed by atoms with Crippen LogP contribution in [0, 0.1) is 0 Å². The molecule has 1 atom stereocenters. The fraction of sp³-hybridized carbons (Fsp3) is 0.333. The molecule has 0 aliphatic carbocycles. The summed E-state index contributed by atoms with van der Waals surface area (Å²) in [6.07, 6.45) is 0. The van der Waals surface area contributed by atoms with Crippen LogP contribution >= 0.6 is 11.6 Å². The van der Waals surface area contributed by atoms with Crippen molar-refractivity contribution in [1.29, 1.82) is 0 Å². The van der Waals surface area contributed by atoms with E-state index in [0.717, 1.165) is 0 Å². The van der Waals surface area contributed by atoms with Gasteiger partial charge in [-0.1, -0.05) is 11.6 Å². The molecule has 0 spiro atoms. The number of aliphatic carboxylic acids is 1. The van der Waals surface area contributed by atoms with Crippen molar-refractivity contribution in [2.75, 3.05) is 18.9 Å². The molecule has 0 aromatic heterocycles. The van der Waals surface area contributed by atoms with Gasteiger partial charge in [-0.2, -0.15) is 0 Å². The molecule has 0 aliphatic heterocycles. The molecule has 0 saturated carbocycles. The van der Waals surface area contributed by atoms with Crippen molar-refractivity contribution in [3.63, 3.8) is 0 Å². The van der Waals surface area contributed by atoms with Gasteiger partial charge in [0.25, 0.3) is 0 Å². The number of nitrogens with zero attached hydrogens (tertiary/aromatic N) is 1. The number of hydrogen-bond acceptors (Lipinski definition) is 3. The van der Waals surface area contributed by atoms with Gasteiger partial charge in [0.2, 0.25) is 5.91 Å². The maximum Gasteiger partial charge on any atom is 0.317 e. The van der Waals surface area contributed by atoms with Gasteiger partial charge in [0.1, 0.15) is 0 Å². The number of carboxylic acids is 1. The molecular formula is C12H15ClN2O3. The first kappa shape index (κ1) is 14.5. The zero-order valence-corrected chi connectivity index (χ0v) is 10.9. The lowest BCUT2D eigenvalue weighted by Crippen LogP contribution is -2.42. The monoisotopic (exact) mass is 270 g/mol. The van der Waals surface area contributed by atoms with E-state index in [0.29, 0.717) is 10.7 Å². The molecule has 0 radical (unpaired) electrons. The fourth-order valence-corrected chi connectivity index (χ4v) is 1.46. The summed E-state index contributed by atoms with van der Waals surface area (Å²) in [6, 6.07) is 6.18. The van der Waals surface area contributed by atoms with Crippen LogP contribution < -0.4 is 5.32 Å². The van der Waals surface area contributed by atoms with Crippen molar-refractivity contribution in [2.24, 2.45) is 0 Å². The van der Waals surface area contributed by atoms with E-state index in [1.807, 2.05) is 0 Å². The van der Waals surface area contributed by atoms with Gasteiger partial charge >= 0.3 is 5.97 Å². The minimum Gasteiger partial charge on any atom is -0.480 e. The summed E-state index contributed by atoms with van der Waals surface area (Å²) < 4.78 is 0. The van der Waals surface area contributed by atoms with Gasteiger partial charge in [-0.3, -0.25) is 14.5 Å². The lowest BCUT2D eigenvalue weighted by molar-refractivity contribution is -0.138. The van der Waals surface area contributed by atoms with Gasteiger partial charge in [-0.25, -0.2) is 0 Å². The van der Waals surface area contributed by atoms with Crippen LogP contribution in [0.2, 0.25) is 5.02 Å². The Bertz CT molecular complexity index is 433. The highest BCUT2D eigenvalue weighted by Crippen LogP contribution is 2.13. The van der Waals surface area contributed by atoms with E-state index >= 15 is 0 Å². The Kier molecular flexibility index (Phi) is 5.12. The maximum absolute atomic E-state index is 11.8. The molecule has 0 heterocycles. The van der Waals surface area contributed by atoms with Crippen LogP contribution in [0.3, 0.4) is 0 Å². The van der Waals surface area contributed by atoms with Crippen LogP contribution in [-0.4, -0.2) is 41.5 Å². The van der Waals surface area contributed by atoms with Gasteiger partial charge < -0.3 is 10.4 Å². The van der Waals surface area contributed by atoms with Crippen molar-refractivity contribution in [1.82, 2.24) is 4.90 Å².